The summed E-state index contributed by atoms with van der Waals surface area (Å²) in [5, 5.41) is 0. The summed E-state index contributed by atoms with van der Waals surface area (Å²) in [7, 11) is 0. The van der Waals surface area contributed by atoms with Crippen LogP contribution in [0.25, 0.3) is 0 Å². The van der Waals surface area contributed by atoms with Gasteiger partial charge in [0.1, 0.15) is 6.29 Å². The maximum Gasteiger partial charge on any atom is 0.150 e. The molecule has 2 unspecified atom stereocenters. The lowest BCUT2D eigenvalue weighted by atomic mass is 9.86. The van der Waals surface area contributed by atoms with Gasteiger partial charge in [-0.05, 0) is 60.5 Å². The Morgan fingerprint density at radius 1 is 1.12 bits per heavy atom. The average molecular weight is 319 g/mol. The van der Waals surface area contributed by atoms with Gasteiger partial charge in [-0.15, -0.1) is 0 Å². The van der Waals surface area contributed by atoms with E-state index in [1.54, 1.807) is 11.1 Å². The molecular weight excluding hydrogens is 294 g/mol. The summed E-state index contributed by atoms with van der Waals surface area (Å²) in [6, 6.07) is 15.1. The van der Waals surface area contributed by atoms with E-state index < -0.39 is 0 Å². The molecule has 0 aromatic heterocycles. The summed E-state index contributed by atoms with van der Waals surface area (Å²) in [4.78, 5) is 13.4. The van der Waals surface area contributed by atoms with Crippen molar-refractivity contribution >= 4 is 6.29 Å². The smallest absolute Gasteiger partial charge is 0.150 e. The molecule has 1 saturated heterocycles. The van der Waals surface area contributed by atoms with Gasteiger partial charge in [-0.2, -0.15) is 0 Å². The zero-order valence-electron chi connectivity index (χ0n) is 14.4. The molecule has 0 spiro atoms. The van der Waals surface area contributed by atoms with Crippen molar-refractivity contribution in [1.29, 1.82) is 0 Å². The zero-order chi connectivity index (χ0) is 16.5. The molecular formula is C22H25NO. The summed E-state index contributed by atoms with van der Waals surface area (Å²) in [6.45, 7) is 5.95. The molecule has 0 N–H and O–H groups in total. The van der Waals surface area contributed by atoms with Gasteiger partial charge in [-0.3, -0.25) is 4.79 Å². The van der Waals surface area contributed by atoms with Crippen molar-refractivity contribution in [3.8, 4) is 0 Å². The molecule has 0 bridgehead atoms. The van der Waals surface area contributed by atoms with Crippen LogP contribution in [-0.2, 0) is 12.8 Å². The van der Waals surface area contributed by atoms with Crippen molar-refractivity contribution in [3.63, 3.8) is 0 Å². The van der Waals surface area contributed by atoms with Crippen molar-refractivity contribution in [2.75, 3.05) is 19.6 Å². The maximum absolute atomic E-state index is 10.8. The Bertz CT molecular complexity index is 734. The minimum Gasteiger partial charge on any atom is -0.303 e. The number of rotatable bonds is 4. The quantitative estimate of drug-likeness (QED) is 0.792. The molecule has 1 heterocycles. The number of hydrogen-bond acceptors (Lipinski definition) is 2. The lowest BCUT2D eigenvalue weighted by molar-refractivity contribution is 0.112. The van der Waals surface area contributed by atoms with Crippen LogP contribution in [0.2, 0.25) is 0 Å². The van der Waals surface area contributed by atoms with Gasteiger partial charge >= 0.3 is 0 Å². The summed E-state index contributed by atoms with van der Waals surface area (Å²) in [6.07, 6.45) is 4.45. The maximum atomic E-state index is 10.8. The van der Waals surface area contributed by atoms with Gasteiger partial charge in [0.15, 0.2) is 0 Å². The Hall–Kier alpha value is -1.93. The standard InChI is InChI=1S/C22H25NO/c1-2-23-10-9-19-13-20-12-18(7-8-21(20)22(19)14-23)11-16-3-5-17(15-24)6-4-16/h3-8,12,15,19,22H,2,9-11,13-14H2,1H3. The minimum atomic E-state index is 0.745. The van der Waals surface area contributed by atoms with Crippen molar-refractivity contribution < 1.29 is 4.79 Å². The van der Waals surface area contributed by atoms with E-state index in [1.165, 1.54) is 43.6 Å². The fourth-order valence-electron chi connectivity index (χ4n) is 4.49. The predicted octanol–water partition coefficient (Wildman–Crippen LogP) is 4.07. The lowest BCUT2D eigenvalue weighted by Crippen LogP contribution is -2.37. The Labute approximate surface area is 144 Å². The predicted molar refractivity (Wildman–Crippen MR) is 97.7 cm³/mol. The second-order valence-corrected chi connectivity index (χ2v) is 7.32. The molecule has 2 atom stereocenters. The topological polar surface area (TPSA) is 20.3 Å². The highest BCUT2D eigenvalue weighted by atomic mass is 16.1. The van der Waals surface area contributed by atoms with E-state index in [0.29, 0.717) is 0 Å². The van der Waals surface area contributed by atoms with E-state index in [2.05, 4.69) is 42.2 Å². The number of nitrogens with zero attached hydrogens (tertiary/aromatic N) is 1. The van der Waals surface area contributed by atoms with Crippen molar-refractivity contribution in [2.45, 2.75) is 32.1 Å². The molecule has 2 aromatic carbocycles. The van der Waals surface area contributed by atoms with Crippen LogP contribution >= 0.6 is 0 Å². The van der Waals surface area contributed by atoms with E-state index in [4.69, 9.17) is 0 Å². The summed E-state index contributed by atoms with van der Waals surface area (Å²) in [5.41, 5.74) is 6.58. The molecule has 0 amide bonds. The van der Waals surface area contributed by atoms with Gasteiger partial charge in [-0.1, -0.05) is 49.4 Å². The molecule has 2 heteroatoms. The van der Waals surface area contributed by atoms with Crippen LogP contribution < -0.4 is 0 Å². The van der Waals surface area contributed by atoms with Crippen molar-refractivity contribution in [2.24, 2.45) is 5.92 Å². The summed E-state index contributed by atoms with van der Waals surface area (Å²) < 4.78 is 0. The molecule has 4 rings (SSSR count). The van der Waals surface area contributed by atoms with Crippen LogP contribution in [0.1, 0.15) is 51.9 Å². The first-order valence-corrected chi connectivity index (χ1v) is 9.15. The third-order valence-electron chi connectivity index (χ3n) is 5.90. The fraction of sp³-hybridized carbons (Fsp3) is 0.409. The lowest BCUT2D eigenvalue weighted by Gasteiger charge is -2.34. The highest BCUT2D eigenvalue weighted by molar-refractivity contribution is 5.74. The Morgan fingerprint density at radius 3 is 2.67 bits per heavy atom. The molecule has 1 aliphatic heterocycles. The van der Waals surface area contributed by atoms with Gasteiger partial charge in [0, 0.05) is 18.0 Å². The highest BCUT2D eigenvalue weighted by Gasteiger charge is 2.36. The number of hydrogen-bond donors (Lipinski definition) is 0. The third-order valence-corrected chi connectivity index (χ3v) is 5.90. The molecule has 124 valence electrons. The van der Waals surface area contributed by atoms with Crippen LogP contribution in [0.15, 0.2) is 42.5 Å². The molecule has 1 aliphatic carbocycles. The second-order valence-electron chi connectivity index (χ2n) is 7.32. The van der Waals surface area contributed by atoms with Crippen LogP contribution in [0, 0.1) is 5.92 Å². The van der Waals surface area contributed by atoms with Gasteiger partial charge < -0.3 is 4.90 Å². The third kappa shape index (κ3) is 2.91. The largest absolute Gasteiger partial charge is 0.303 e. The van der Waals surface area contributed by atoms with E-state index in [9.17, 15) is 4.79 Å². The first-order chi connectivity index (χ1) is 11.8. The van der Waals surface area contributed by atoms with Gasteiger partial charge in [-0.25, -0.2) is 0 Å². The van der Waals surface area contributed by atoms with E-state index in [1.807, 2.05) is 12.1 Å². The monoisotopic (exact) mass is 319 g/mol. The SMILES string of the molecule is CCN1CCC2Cc3cc(Cc4ccc(C=O)cc4)ccc3C2C1. The number of carbonyl (C=O) groups excluding carboxylic acids is 1. The zero-order valence-corrected chi connectivity index (χ0v) is 14.4. The summed E-state index contributed by atoms with van der Waals surface area (Å²) >= 11 is 0. The minimum absolute atomic E-state index is 0.745. The van der Waals surface area contributed by atoms with Crippen LogP contribution in [0.4, 0.5) is 0 Å². The Kier molecular flexibility index (Phi) is 4.24. The normalized spacial score (nSPS) is 22.9. The van der Waals surface area contributed by atoms with Gasteiger partial charge in [0.25, 0.3) is 0 Å². The average Bonchev–Trinajstić information content (AvgIpc) is 2.99. The highest BCUT2D eigenvalue weighted by Crippen LogP contribution is 2.43. The van der Waals surface area contributed by atoms with Crippen LogP contribution in [0.3, 0.4) is 0 Å². The van der Waals surface area contributed by atoms with Crippen molar-refractivity contribution in [1.82, 2.24) is 4.90 Å². The first-order valence-electron chi connectivity index (χ1n) is 9.15. The van der Waals surface area contributed by atoms with Crippen molar-refractivity contribution in [3.05, 3.63) is 70.3 Å². The van der Waals surface area contributed by atoms with E-state index in [0.717, 1.165) is 30.1 Å². The summed E-state index contributed by atoms with van der Waals surface area (Å²) in [5.74, 6) is 1.60. The molecule has 0 radical (unpaired) electrons. The van der Waals surface area contributed by atoms with Gasteiger partial charge in [0.2, 0.25) is 0 Å². The number of fused-ring (bicyclic) bond motifs is 3. The molecule has 2 aromatic rings. The molecule has 0 saturated carbocycles. The molecule has 2 aliphatic rings. The first kappa shape index (κ1) is 15.6. The Balaban J connectivity index is 1.53. The number of benzene rings is 2. The second kappa shape index (κ2) is 6.52. The van der Waals surface area contributed by atoms with Crippen LogP contribution in [-0.4, -0.2) is 30.8 Å². The number of aldehydes is 1. The number of piperidine rings is 1. The number of likely N-dealkylation sites (tertiary alicyclic amines) is 1. The molecule has 2 nitrogen and oxygen atoms in total. The van der Waals surface area contributed by atoms with E-state index in [-0.39, 0.29) is 0 Å². The number of carbonyl (C=O) groups is 1. The van der Waals surface area contributed by atoms with Gasteiger partial charge in [0.05, 0.1) is 0 Å². The van der Waals surface area contributed by atoms with E-state index >= 15 is 0 Å². The number of likely N-dealkylation sites (N-methyl/N-ethyl adjacent to an activating group) is 1. The molecule has 24 heavy (non-hydrogen) atoms. The molecule has 1 fully saturated rings. The Morgan fingerprint density at radius 2 is 1.92 bits per heavy atom. The van der Waals surface area contributed by atoms with Crippen LogP contribution in [0.5, 0.6) is 0 Å². The fourth-order valence-corrected chi connectivity index (χ4v) is 4.49.